The van der Waals surface area contributed by atoms with E-state index >= 15 is 0 Å². The number of benzene rings is 1. The van der Waals surface area contributed by atoms with Crippen LogP contribution in [0, 0.1) is 5.82 Å². The van der Waals surface area contributed by atoms with E-state index < -0.39 is 5.82 Å². The van der Waals surface area contributed by atoms with Crippen LogP contribution >= 0.6 is 39.3 Å². The van der Waals surface area contributed by atoms with Crippen LogP contribution in [0.4, 0.5) is 10.1 Å². The van der Waals surface area contributed by atoms with Crippen LogP contribution in [-0.4, -0.2) is 33.0 Å². The number of hydroxylamine groups is 1. The topological polar surface area (TPSA) is 83.5 Å². The Kier molecular flexibility index (Phi) is 5.97. The average molecular weight is 396 g/mol. The van der Waals surface area contributed by atoms with E-state index in [2.05, 4.69) is 35.9 Å². The van der Waals surface area contributed by atoms with E-state index in [-0.39, 0.29) is 16.0 Å². The number of aliphatic imine (C=N–C) groups is 1. The standard InChI is InChI=1S/C11H9BrClFN4O2S/c12-7-5-6(1-2-8(7)14)15-10(16-19)9-11(18-20-17-9)21-4-3-13/h1-2,5,19H,3-4H2,(H,15,16). The summed E-state index contributed by atoms with van der Waals surface area (Å²) in [6.45, 7) is 0. The van der Waals surface area contributed by atoms with E-state index in [1.165, 1.54) is 30.0 Å². The number of rotatable bonds is 5. The molecule has 21 heavy (non-hydrogen) atoms. The zero-order valence-corrected chi connectivity index (χ0v) is 13.5. The number of aromatic nitrogens is 2. The minimum absolute atomic E-state index is 0.0341. The third-order valence-electron chi connectivity index (χ3n) is 2.25. The maximum Gasteiger partial charge on any atom is 0.186 e. The van der Waals surface area contributed by atoms with Crippen molar-refractivity contribution >= 4 is 50.8 Å². The molecule has 0 unspecified atom stereocenters. The van der Waals surface area contributed by atoms with Gasteiger partial charge in [0.05, 0.1) is 10.2 Å². The highest BCUT2D eigenvalue weighted by atomic mass is 79.9. The van der Waals surface area contributed by atoms with E-state index in [4.69, 9.17) is 11.6 Å². The molecule has 0 fully saturated rings. The average Bonchev–Trinajstić information content (AvgIpc) is 2.94. The molecular weight excluding hydrogens is 387 g/mol. The first-order chi connectivity index (χ1) is 10.2. The van der Waals surface area contributed by atoms with Gasteiger partial charge in [-0.15, -0.1) is 11.6 Å². The summed E-state index contributed by atoms with van der Waals surface area (Å²) >= 11 is 9.99. The molecule has 0 bridgehead atoms. The second-order valence-corrected chi connectivity index (χ2v) is 5.94. The van der Waals surface area contributed by atoms with Crippen LogP contribution in [0.25, 0.3) is 0 Å². The lowest BCUT2D eigenvalue weighted by atomic mass is 10.3. The van der Waals surface area contributed by atoms with Crippen molar-refractivity contribution in [2.75, 3.05) is 11.6 Å². The predicted molar refractivity (Wildman–Crippen MR) is 81.0 cm³/mol. The third kappa shape index (κ3) is 4.16. The number of amidine groups is 1. The summed E-state index contributed by atoms with van der Waals surface area (Å²) < 4.78 is 18.1. The fourth-order valence-corrected chi connectivity index (χ4v) is 2.60. The molecule has 2 aromatic rings. The molecule has 0 spiro atoms. The molecule has 2 N–H and O–H groups in total. The van der Waals surface area contributed by atoms with Gasteiger partial charge in [-0.05, 0) is 44.4 Å². The number of nitrogens with one attached hydrogen (secondary N) is 1. The van der Waals surface area contributed by atoms with E-state index in [9.17, 15) is 9.60 Å². The highest BCUT2D eigenvalue weighted by molar-refractivity contribution is 9.10. The molecule has 0 atom stereocenters. The van der Waals surface area contributed by atoms with Crippen molar-refractivity contribution in [2.45, 2.75) is 5.03 Å². The summed E-state index contributed by atoms with van der Waals surface area (Å²) in [7, 11) is 0. The highest BCUT2D eigenvalue weighted by Crippen LogP contribution is 2.24. The first kappa shape index (κ1) is 16.2. The van der Waals surface area contributed by atoms with Crippen molar-refractivity contribution in [1.82, 2.24) is 15.8 Å². The summed E-state index contributed by atoms with van der Waals surface area (Å²) in [6, 6.07) is 4.17. The summed E-state index contributed by atoms with van der Waals surface area (Å²) in [5.41, 5.74) is 2.59. The molecule has 0 saturated heterocycles. The van der Waals surface area contributed by atoms with Crippen molar-refractivity contribution in [3.63, 3.8) is 0 Å². The maximum atomic E-state index is 13.2. The Hall–Kier alpha value is -1.16. The smallest absolute Gasteiger partial charge is 0.186 e. The Bertz CT molecular complexity index is 655. The molecule has 6 nitrogen and oxygen atoms in total. The van der Waals surface area contributed by atoms with E-state index in [0.717, 1.165) is 0 Å². The van der Waals surface area contributed by atoms with Crippen LogP contribution < -0.4 is 5.48 Å². The molecule has 112 valence electrons. The summed E-state index contributed by atoms with van der Waals surface area (Å²) in [5, 5.41) is 17.1. The molecule has 1 aromatic carbocycles. The lowest BCUT2D eigenvalue weighted by Crippen LogP contribution is -2.21. The lowest BCUT2D eigenvalue weighted by Gasteiger charge is -2.03. The molecule has 0 aliphatic heterocycles. The first-order valence-electron chi connectivity index (χ1n) is 5.61. The van der Waals surface area contributed by atoms with Gasteiger partial charge in [0.1, 0.15) is 5.82 Å². The monoisotopic (exact) mass is 394 g/mol. The third-order valence-corrected chi connectivity index (χ3v) is 4.22. The number of nitrogens with zero attached hydrogens (tertiary/aromatic N) is 3. The van der Waals surface area contributed by atoms with Gasteiger partial charge in [0.25, 0.3) is 0 Å². The van der Waals surface area contributed by atoms with Gasteiger partial charge < -0.3 is 0 Å². The van der Waals surface area contributed by atoms with Crippen LogP contribution in [0.15, 0.2) is 37.3 Å². The SMILES string of the molecule is ONC(=Nc1ccc(F)c(Br)c1)c1nonc1SCCCl. The summed E-state index contributed by atoms with van der Waals surface area (Å²) in [5.74, 6) is 0.658. The number of halogens is 3. The molecule has 0 aliphatic rings. The largest absolute Gasteiger partial charge is 0.290 e. The summed E-state index contributed by atoms with van der Waals surface area (Å²) in [6.07, 6.45) is 0. The number of alkyl halides is 1. The Morgan fingerprint density at radius 1 is 1.52 bits per heavy atom. The maximum absolute atomic E-state index is 13.2. The number of hydrogen-bond donors (Lipinski definition) is 2. The van der Waals surface area contributed by atoms with Gasteiger partial charge in [0, 0.05) is 11.6 Å². The number of thioether (sulfide) groups is 1. The van der Waals surface area contributed by atoms with Crippen molar-refractivity contribution in [1.29, 1.82) is 0 Å². The molecule has 0 radical (unpaired) electrons. The normalized spacial score (nSPS) is 11.7. The van der Waals surface area contributed by atoms with Crippen LogP contribution in [0.5, 0.6) is 0 Å². The molecular formula is C11H9BrClFN4O2S. The van der Waals surface area contributed by atoms with Crippen molar-refractivity contribution in [2.24, 2.45) is 4.99 Å². The first-order valence-corrected chi connectivity index (χ1v) is 7.92. The highest BCUT2D eigenvalue weighted by Gasteiger charge is 2.17. The fraction of sp³-hybridized carbons (Fsp3) is 0.182. The Labute approximate surface area is 136 Å². The molecule has 0 saturated carbocycles. The Morgan fingerprint density at radius 2 is 2.33 bits per heavy atom. The predicted octanol–water partition coefficient (Wildman–Crippen LogP) is 3.36. The second-order valence-electron chi connectivity index (χ2n) is 3.63. The zero-order chi connectivity index (χ0) is 15.2. The van der Waals surface area contributed by atoms with Crippen molar-refractivity contribution < 1.29 is 14.2 Å². The molecule has 1 aromatic heterocycles. The molecule has 0 amide bonds. The zero-order valence-electron chi connectivity index (χ0n) is 10.4. The minimum Gasteiger partial charge on any atom is -0.290 e. The molecule has 0 aliphatic carbocycles. The van der Waals surface area contributed by atoms with Crippen LogP contribution in [0.3, 0.4) is 0 Å². The van der Waals surface area contributed by atoms with E-state index in [1.54, 1.807) is 0 Å². The van der Waals surface area contributed by atoms with E-state index in [0.29, 0.717) is 22.3 Å². The second kappa shape index (κ2) is 7.74. The molecule has 10 heteroatoms. The fourth-order valence-electron chi connectivity index (χ4n) is 1.37. The van der Waals surface area contributed by atoms with E-state index in [1.807, 2.05) is 5.48 Å². The van der Waals surface area contributed by atoms with Gasteiger partial charge in [-0.2, -0.15) is 0 Å². The Balaban J connectivity index is 2.32. The van der Waals surface area contributed by atoms with Gasteiger partial charge in [-0.3, -0.25) is 10.7 Å². The minimum atomic E-state index is -0.408. The lowest BCUT2D eigenvalue weighted by molar-refractivity contribution is 0.234. The van der Waals surface area contributed by atoms with Gasteiger partial charge in [0.15, 0.2) is 16.6 Å². The van der Waals surface area contributed by atoms with Gasteiger partial charge in [0.2, 0.25) is 0 Å². The van der Waals surface area contributed by atoms with Crippen LogP contribution in [-0.2, 0) is 0 Å². The number of hydrogen-bond acceptors (Lipinski definition) is 6. The Morgan fingerprint density at radius 3 is 3.00 bits per heavy atom. The quantitative estimate of drug-likeness (QED) is 0.265. The van der Waals surface area contributed by atoms with Crippen molar-refractivity contribution in [3.05, 3.63) is 34.2 Å². The van der Waals surface area contributed by atoms with Gasteiger partial charge >= 0.3 is 0 Å². The van der Waals surface area contributed by atoms with Crippen molar-refractivity contribution in [3.8, 4) is 0 Å². The molecule has 1 heterocycles. The molecule has 2 rings (SSSR count). The summed E-state index contributed by atoms with van der Waals surface area (Å²) in [4.78, 5) is 4.14. The van der Waals surface area contributed by atoms with Crippen LogP contribution in [0.2, 0.25) is 0 Å². The van der Waals surface area contributed by atoms with Gasteiger partial charge in [-0.1, -0.05) is 11.8 Å². The van der Waals surface area contributed by atoms with Crippen LogP contribution in [0.1, 0.15) is 5.69 Å². The van der Waals surface area contributed by atoms with Gasteiger partial charge in [-0.25, -0.2) is 14.0 Å².